The van der Waals surface area contributed by atoms with Crippen LogP contribution in [0.4, 0.5) is 5.69 Å². The average molecular weight is 429 g/mol. The maximum atomic E-state index is 12.9. The van der Waals surface area contributed by atoms with E-state index in [1.807, 2.05) is 18.2 Å². The van der Waals surface area contributed by atoms with Gasteiger partial charge in [0, 0.05) is 51.3 Å². The van der Waals surface area contributed by atoms with Crippen molar-refractivity contribution in [2.45, 2.75) is 30.5 Å². The molecule has 1 aromatic carbocycles. The molecule has 0 spiro atoms. The first-order valence-electron chi connectivity index (χ1n) is 10.2. The number of hydrogen-bond donors (Lipinski definition) is 0. The van der Waals surface area contributed by atoms with Crippen LogP contribution >= 0.6 is 0 Å². The Morgan fingerprint density at radius 2 is 1.87 bits per heavy atom. The van der Waals surface area contributed by atoms with Crippen LogP contribution in [-0.2, 0) is 17.1 Å². The van der Waals surface area contributed by atoms with E-state index < -0.39 is 10.0 Å². The second kappa shape index (κ2) is 7.51. The van der Waals surface area contributed by atoms with Crippen LogP contribution in [0.25, 0.3) is 10.9 Å². The van der Waals surface area contributed by atoms with Gasteiger partial charge < -0.3 is 14.2 Å². The number of ether oxygens (including phenoxy) is 1. The van der Waals surface area contributed by atoms with E-state index in [4.69, 9.17) is 4.74 Å². The highest BCUT2D eigenvalue weighted by molar-refractivity contribution is 7.89. The van der Waals surface area contributed by atoms with Crippen LogP contribution in [0.5, 0.6) is 5.88 Å². The Labute approximate surface area is 175 Å². The highest BCUT2D eigenvalue weighted by Gasteiger charge is 2.31. The Balaban J connectivity index is 1.34. The molecule has 0 amide bonds. The Morgan fingerprint density at radius 1 is 1.07 bits per heavy atom. The van der Waals surface area contributed by atoms with Gasteiger partial charge in [-0.25, -0.2) is 23.4 Å². The molecule has 0 bridgehead atoms. The fourth-order valence-corrected chi connectivity index (χ4v) is 5.35. The fourth-order valence-electron chi connectivity index (χ4n) is 3.86. The predicted octanol–water partition coefficient (Wildman–Crippen LogP) is 1.81. The third-order valence-corrected chi connectivity index (χ3v) is 7.76. The third kappa shape index (κ3) is 3.39. The summed E-state index contributed by atoms with van der Waals surface area (Å²) in [7, 11) is -1.90. The molecule has 5 rings (SSSR count). The van der Waals surface area contributed by atoms with Gasteiger partial charge >= 0.3 is 0 Å². The molecule has 30 heavy (non-hydrogen) atoms. The van der Waals surface area contributed by atoms with Gasteiger partial charge in [-0.3, -0.25) is 0 Å². The van der Waals surface area contributed by atoms with Crippen LogP contribution < -0.4 is 9.64 Å². The largest absolute Gasteiger partial charge is 0.474 e. The lowest BCUT2D eigenvalue weighted by atomic mass is 9.96. The first kappa shape index (κ1) is 19.3. The van der Waals surface area contributed by atoms with Gasteiger partial charge in [-0.15, -0.1) is 0 Å². The van der Waals surface area contributed by atoms with E-state index in [0.717, 1.165) is 29.4 Å². The van der Waals surface area contributed by atoms with Crippen molar-refractivity contribution in [3.8, 4) is 5.88 Å². The van der Waals surface area contributed by atoms with E-state index >= 15 is 0 Å². The lowest BCUT2D eigenvalue weighted by Crippen LogP contribution is -2.49. The number of aryl methyl sites for hydroxylation is 1. The molecule has 158 valence electrons. The minimum absolute atomic E-state index is 0.0802. The minimum Gasteiger partial charge on any atom is -0.474 e. The van der Waals surface area contributed by atoms with Crippen molar-refractivity contribution < 1.29 is 13.2 Å². The number of rotatable bonds is 5. The SMILES string of the molecule is Cn1ccnc1S(=O)(=O)N1CCN(c2ccc3ncnc(OC4CCC4)c3c2)CC1. The molecule has 0 radical (unpaired) electrons. The maximum absolute atomic E-state index is 12.9. The van der Waals surface area contributed by atoms with Crippen molar-refractivity contribution in [1.82, 2.24) is 23.8 Å². The maximum Gasteiger partial charge on any atom is 0.277 e. The van der Waals surface area contributed by atoms with Gasteiger partial charge in [0.2, 0.25) is 11.0 Å². The van der Waals surface area contributed by atoms with E-state index in [0.29, 0.717) is 32.1 Å². The highest BCUT2D eigenvalue weighted by atomic mass is 32.2. The third-order valence-electron chi connectivity index (χ3n) is 5.86. The van der Waals surface area contributed by atoms with E-state index in [1.165, 1.54) is 27.8 Å². The summed E-state index contributed by atoms with van der Waals surface area (Å²) in [4.78, 5) is 14.9. The van der Waals surface area contributed by atoms with E-state index in [2.05, 4.69) is 19.9 Å². The summed E-state index contributed by atoms with van der Waals surface area (Å²) in [6, 6.07) is 6.04. The van der Waals surface area contributed by atoms with Crippen molar-refractivity contribution in [2.75, 3.05) is 31.1 Å². The molecule has 0 N–H and O–H groups in total. The van der Waals surface area contributed by atoms with Crippen LogP contribution in [0.3, 0.4) is 0 Å². The van der Waals surface area contributed by atoms with Crippen LogP contribution in [0.1, 0.15) is 19.3 Å². The first-order valence-corrected chi connectivity index (χ1v) is 11.6. The molecule has 10 heteroatoms. The van der Waals surface area contributed by atoms with Crippen LogP contribution in [0, 0.1) is 0 Å². The van der Waals surface area contributed by atoms with Crippen molar-refractivity contribution in [2.24, 2.45) is 7.05 Å². The van der Waals surface area contributed by atoms with E-state index in [1.54, 1.807) is 13.2 Å². The number of sulfonamides is 1. The Hall–Kier alpha value is -2.72. The summed E-state index contributed by atoms with van der Waals surface area (Å²) >= 11 is 0. The van der Waals surface area contributed by atoms with Crippen molar-refractivity contribution in [3.05, 3.63) is 36.9 Å². The number of piperazine rings is 1. The molecule has 1 aliphatic heterocycles. The lowest BCUT2D eigenvalue weighted by molar-refractivity contribution is 0.116. The number of imidazole rings is 1. The molecule has 2 aromatic heterocycles. The van der Waals surface area contributed by atoms with E-state index in [-0.39, 0.29) is 11.3 Å². The second-order valence-corrected chi connectivity index (χ2v) is 9.59. The van der Waals surface area contributed by atoms with Crippen molar-refractivity contribution in [3.63, 3.8) is 0 Å². The molecule has 0 unspecified atom stereocenters. The second-order valence-electron chi connectivity index (χ2n) is 7.76. The molecule has 3 aromatic rings. The number of benzene rings is 1. The first-order chi connectivity index (χ1) is 14.5. The molecular weight excluding hydrogens is 404 g/mol. The molecule has 9 nitrogen and oxygen atoms in total. The van der Waals surface area contributed by atoms with E-state index in [9.17, 15) is 8.42 Å². The molecule has 3 heterocycles. The summed E-state index contributed by atoms with van der Waals surface area (Å²) in [5.74, 6) is 0.627. The zero-order chi connectivity index (χ0) is 20.7. The summed E-state index contributed by atoms with van der Waals surface area (Å²) in [5, 5.41) is 0.974. The number of hydrogen-bond acceptors (Lipinski definition) is 7. The summed E-state index contributed by atoms with van der Waals surface area (Å²) < 4.78 is 34.8. The van der Waals surface area contributed by atoms with Gasteiger partial charge in [-0.05, 0) is 37.5 Å². The van der Waals surface area contributed by atoms with Gasteiger partial charge in [0.25, 0.3) is 10.0 Å². The smallest absolute Gasteiger partial charge is 0.277 e. The molecule has 2 aliphatic rings. The Bertz CT molecular complexity index is 1170. The zero-order valence-electron chi connectivity index (χ0n) is 16.8. The molecule has 1 saturated heterocycles. The molecule has 1 aliphatic carbocycles. The quantitative estimate of drug-likeness (QED) is 0.612. The van der Waals surface area contributed by atoms with Gasteiger partial charge in [0.1, 0.15) is 12.4 Å². The molecule has 0 atom stereocenters. The average Bonchev–Trinajstić information content (AvgIpc) is 3.17. The van der Waals surface area contributed by atoms with Gasteiger partial charge in [-0.2, -0.15) is 4.31 Å². The topological polar surface area (TPSA) is 93.5 Å². The standard InChI is InChI=1S/C20H24N6O3S/c1-24-8-7-21-20(24)30(27,28)26-11-9-25(10-12-26)15-5-6-18-17(13-15)19(23-14-22-18)29-16-3-2-4-16/h5-8,13-14,16H,2-4,9-12H2,1H3. The van der Waals surface area contributed by atoms with Gasteiger partial charge in [-0.1, -0.05) is 0 Å². The van der Waals surface area contributed by atoms with Crippen molar-refractivity contribution in [1.29, 1.82) is 0 Å². The lowest BCUT2D eigenvalue weighted by Gasteiger charge is -2.35. The van der Waals surface area contributed by atoms with Crippen LogP contribution in [-0.4, -0.2) is 64.5 Å². The fraction of sp³-hybridized carbons (Fsp3) is 0.450. The highest BCUT2D eigenvalue weighted by Crippen LogP contribution is 2.31. The van der Waals surface area contributed by atoms with Gasteiger partial charge in [0.15, 0.2) is 0 Å². The summed E-state index contributed by atoms with van der Waals surface area (Å²) in [6.45, 7) is 2.01. The van der Waals surface area contributed by atoms with Crippen molar-refractivity contribution >= 4 is 26.6 Å². The monoisotopic (exact) mass is 428 g/mol. The van der Waals surface area contributed by atoms with Crippen LogP contribution in [0.15, 0.2) is 42.1 Å². The normalized spacial score (nSPS) is 18.5. The molecular formula is C20H24N6O3S. The molecule has 1 saturated carbocycles. The van der Waals surface area contributed by atoms with Gasteiger partial charge in [0.05, 0.1) is 10.9 Å². The Morgan fingerprint density at radius 3 is 2.53 bits per heavy atom. The minimum atomic E-state index is -3.59. The number of anilines is 1. The Kier molecular flexibility index (Phi) is 4.82. The molecule has 2 fully saturated rings. The summed E-state index contributed by atoms with van der Waals surface area (Å²) in [6.07, 6.45) is 8.26. The number of aromatic nitrogens is 4. The zero-order valence-corrected chi connectivity index (χ0v) is 17.6. The van der Waals surface area contributed by atoms with Crippen LogP contribution in [0.2, 0.25) is 0 Å². The number of nitrogens with zero attached hydrogens (tertiary/aromatic N) is 6. The summed E-state index contributed by atoms with van der Waals surface area (Å²) in [5.41, 5.74) is 1.86. The number of fused-ring (bicyclic) bond motifs is 1. The predicted molar refractivity (Wildman–Crippen MR) is 112 cm³/mol.